The average molecular weight is 628 g/mol. The summed E-state index contributed by atoms with van der Waals surface area (Å²) in [7, 11) is 0. The predicted molar refractivity (Wildman–Crippen MR) is 156 cm³/mol. The number of benzene rings is 3. The Kier molecular flexibility index (Phi) is 10.2. The van der Waals surface area contributed by atoms with Crippen molar-refractivity contribution >= 4 is 38.7 Å². The molecule has 1 heterocycles. The minimum atomic E-state index is -1.74. The van der Waals surface area contributed by atoms with Crippen LogP contribution in [0.2, 0.25) is 0 Å². The Balaban J connectivity index is 1.65. The SMILES string of the molecule is CCCC(F)OC(=O)CCC(CNC(=O)c1c(C)c(-c2ccccc2)nc2ccc(Br)cc12)c1c(F)cccc1F. The number of amides is 1. The van der Waals surface area contributed by atoms with Crippen LogP contribution in [0.15, 0.2) is 71.2 Å². The summed E-state index contributed by atoms with van der Waals surface area (Å²) in [6.07, 6.45) is -1.52. The summed E-state index contributed by atoms with van der Waals surface area (Å²) in [5, 5.41) is 3.43. The normalized spacial score (nSPS) is 12.6. The van der Waals surface area contributed by atoms with Gasteiger partial charge in [-0.1, -0.05) is 59.3 Å². The molecule has 2 unspecified atom stereocenters. The molecule has 9 heteroatoms. The number of pyridine rings is 1. The van der Waals surface area contributed by atoms with E-state index in [9.17, 15) is 22.8 Å². The molecule has 0 bridgehead atoms. The number of carbonyl (C=O) groups excluding carboxylic acids is 2. The van der Waals surface area contributed by atoms with Gasteiger partial charge >= 0.3 is 5.97 Å². The highest BCUT2D eigenvalue weighted by molar-refractivity contribution is 9.10. The van der Waals surface area contributed by atoms with Crippen molar-refractivity contribution in [3.05, 3.63) is 99.5 Å². The zero-order valence-electron chi connectivity index (χ0n) is 22.7. The molecule has 3 aromatic carbocycles. The van der Waals surface area contributed by atoms with Crippen molar-refractivity contribution in [3.63, 3.8) is 0 Å². The zero-order chi connectivity index (χ0) is 29.5. The molecule has 0 fully saturated rings. The summed E-state index contributed by atoms with van der Waals surface area (Å²) in [6.45, 7) is 3.39. The number of esters is 1. The third-order valence-corrected chi connectivity index (χ3v) is 7.35. The number of carbonyl (C=O) groups is 2. The van der Waals surface area contributed by atoms with Gasteiger partial charge in [0.1, 0.15) is 11.6 Å². The second-order valence-corrected chi connectivity index (χ2v) is 10.7. The topological polar surface area (TPSA) is 68.3 Å². The Bertz CT molecular complexity index is 1530. The Hall–Kier alpha value is -3.72. The average Bonchev–Trinajstić information content (AvgIpc) is 2.94. The zero-order valence-corrected chi connectivity index (χ0v) is 24.3. The van der Waals surface area contributed by atoms with Gasteiger partial charge in [0.15, 0.2) is 0 Å². The maximum atomic E-state index is 14.8. The number of hydrogen-bond donors (Lipinski definition) is 1. The summed E-state index contributed by atoms with van der Waals surface area (Å²) < 4.78 is 48.9. The maximum Gasteiger partial charge on any atom is 0.308 e. The fourth-order valence-corrected chi connectivity index (χ4v) is 5.19. The van der Waals surface area contributed by atoms with Gasteiger partial charge in [0.25, 0.3) is 5.91 Å². The first-order chi connectivity index (χ1) is 19.7. The molecule has 0 spiro atoms. The summed E-state index contributed by atoms with van der Waals surface area (Å²) >= 11 is 3.46. The van der Waals surface area contributed by atoms with Crippen LogP contribution in [0, 0.1) is 18.6 Å². The number of hydrogen-bond acceptors (Lipinski definition) is 4. The maximum absolute atomic E-state index is 14.8. The number of rotatable bonds is 11. The fourth-order valence-electron chi connectivity index (χ4n) is 4.83. The number of aromatic nitrogens is 1. The van der Waals surface area contributed by atoms with Gasteiger partial charge in [-0.15, -0.1) is 0 Å². The van der Waals surface area contributed by atoms with Gasteiger partial charge in [0.05, 0.1) is 16.8 Å². The van der Waals surface area contributed by atoms with Gasteiger partial charge in [0.2, 0.25) is 6.36 Å². The van der Waals surface area contributed by atoms with Crippen LogP contribution in [-0.2, 0) is 9.53 Å². The van der Waals surface area contributed by atoms with E-state index in [2.05, 4.69) is 21.2 Å². The molecule has 0 aliphatic heterocycles. The Morgan fingerprint density at radius 3 is 2.39 bits per heavy atom. The van der Waals surface area contributed by atoms with Gasteiger partial charge in [-0.05, 0) is 55.7 Å². The van der Waals surface area contributed by atoms with Crippen molar-refractivity contribution in [2.45, 2.75) is 51.8 Å². The first-order valence-electron chi connectivity index (χ1n) is 13.4. The minimum absolute atomic E-state index is 0.0628. The molecular weight excluding hydrogens is 597 g/mol. The van der Waals surface area contributed by atoms with E-state index in [-0.39, 0.29) is 31.4 Å². The lowest BCUT2D eigenvalue weighted by atomic mass is 9.92. The second kappa shape index (κ2) is 13.8. The van der Waals surface area contributed by atoms with E-state index in [1.807, 2.05) is 42.5 Å². The smallest absolute Gasteiger partial charge is 0.308 e. The van der Waals surface area contributed by atoms with E-state index >= 15 is 0 Å². The lowest BCUT2D eigenvalue weighted by Gasteiger charge is -2.21. The minimum Gasteiger partial charge on any atom is -0.431 e. The molecule has 4 aromatic rings. The summed E-state index contributed by atoms with van der Waals surface area (Å²) in [5.41, 5.74) is 2.84. The van der Waals surface area contributed by atoms with Gasteiger partial charge in [-0.3, -0.25) is 9.59 Å². The molecule has 1 aromatic heterocycles. The largest absolute Gasteiger partial charge is 0.431 e. The van der Waals surface area contributed by atoms with Crippen LogP contribution in [-0.4, -0.2) is 29.8 Å². The molecule has 0 saturated heterocycles. The molecule has 5 nitrogen and oxygen atoms in total. The Labute approximate surface area is 245 Å². The van der Waals surface area contributed by atoms with Gasteiger partial charge < -0.3 is 10.1 Å². The molecule has 214 valence electrons. The molecule has 1 N–H and O–H groups in total. The number of fused-ring (bicyclic) bond motifs is 1. The highest BCUT2D eigenvalue weighted by Gasteiger charge is 2.25. The van der Waals surface area contributed by atoms with Crippen molar-refractivity contribution in [2.75, 3.05) is 6.54 Å². The van der Waals surface area contributed by atoms with Gasteiger partial charge in [-0.25, -0.2) is 18.2 Å². The lowest BCUT2D eigenvalue weighted by Crippen LogP contribution is -2.30. The molecule has 41 heavy (non-hydrogen) atoms. The third-order valence-electron chi connectivity index (χ3n) is 6.85. The molecule has 0 aliphatic carbocycles. The number of ether oxygens (including phenoxy) is 1. The van der Waals surface area contributed by atoms with E-state index in [1.54, 1.807) is 19.9 Å². The van der Waals surface area contributed by atoms with Crippen molar-refractivity contribution < 1.29 is 27.5 Å². The van der Waals surface area contributed by atoms with Crippen molar-refractivity contribution in [1.82, 2.24) is 10.3 Å². The molecule has 0 radical (unpaired) electrons. The van der Waals surface area contributed by atoms with Crippen LogP contribution in [0.3, 0.4) is 0 Å². The third kappa shape index (κ3) is 7.33. The highest BCUT2D eigenvalue weighted by Crippen LogP contribution is 2.32. The molecule has 4 rings (SSSR count). The van der Waals surface area contributed by atoms with Crippen molar-refractivity contribution in [1.29, 1.82) is 0 Å². The number of nitrogens with zero attached hydrogens (tertiary/aromatic N) is 1. The first-order valence-corrected chi connectivity index (χ1v) is 14.2. The van der Waals surface area contributed by atoms with Gasteiger partial charge in [0, 0.05) is 46.3 Å². The van der Waals surface area contributed by atoms with Crippen LogP contribution in [0.5, 0.6) is 0 Å². The lowest BCUT2D eigenvalue weighted by molar-refractivity contribution is -0.158. The van der Waals surface area contributed by atoms with E-state index in [1.165, 1.54) is 6.07 Å². The molecular formula is C32H30BrF3N2O3. The monoisotopic (exact) mass is 626 g/mol. The van der Waals surface area contributed by atoms with Crippen LogP contribution in [0.25, 0.3) is 22.2 Å². The molecule has 0 saturated carbocycles. The first kappa shape index (κ1) is 30.2. The standard InChI is InChI=1S/C32H30BrF3N2O3/c1-3-8-27(36)41-28(39)16-13-21(30-24(34)11-7-12-25(30)35)18-37-32(40)29-19(2)31(20-9-5-4-6-10-20)38-26-15-14-22(33)17-23(26)29/h4-7,9-12,14-15,17,21,27H,3,8,13,16,18H2,1-2H3,(H,37,40). The summed E-state index contributed by atoms with van der Waals surface area (Å²) in [6, 6.07) is 18.4. The second-order valence-electron chi connectivity index (χ2n) is 9.76. The van der Waals surface area contributed by atoms with E-state index < -0.39 is 35.8 Å². The molecule has 0 aliphatic rings. The van der Waals surface area contributed by atoms with E-state index in [4.69, 9.17) is 9.72 Å². The molecule has 1 amide bonds. The van der Waals surface area contributed by atoms with Crippen molar-refractivity contribution in [3.8, 4) is 11.3 Å². The van der Waals surface area contributed by atoms with E-state index in [0.29, 0.717) is 34.1 Å². The van der Waals surface area contributed by atoms with Crippen LogP contribution in [0.4, 0.5) is 13.2 Å². The van der Waals surface area contributed by atoms with Gasteiger partial charge in [-0.2, -0.15) is 0 Å². The quantitative estimate of drug-likeness (QED) is 0.170. The van der Waals surface area contributed by atoms with Crippen LogP contribution in [0.1, 0.15) is 60.0 Å². The summed E-state index contributed by atoms with van der Waals surface area (Å²) in [5.74, 6) is -3.78. The number of halogens is 4. The predicted octanol–water partition coefficient (Wildman–Crippen LogP) is 8.18. The van der Waals surface area contributed by atoms with Crippen LogP contribution >= 0.6 is 15.9 Å². The van der Waals surface area contributed by atoms with Crippen molar-refractivity contribution in [2.24, 2.45) is 0 Å². The fraction of sp³-hybridized carbons (Fsp3) is 0.281. The number of nitrogens with one attached hydrogen (secondary N) is 1. The Morgan fingerprint density at radius 2 is 1.71 bits per heavy atom. The Morgan fingerprint density at radius 1 is 1.00 bits per heavy atom. The molecule has 2 atom stereocenters. The number of alkyl halides is 1. The van der Waals surface area contributed by atoms with E-state index in [0.717, 1.165) is 22.2 Å². The summed E-state index contributed by atoms with van der Waals surface area (Å²) in [4.78, 5) is 30.8. The van der Waals surface area contributed by atoms with Crippen LogP contribution < -0.4 is 5.32 Å². The highest BCUT2D eigenvalue weighted by atomic mass is 79.9.